The molecule has 0 fully saturated rings. The van der Waals surface area contributed by atoms with E-state index in [9.17, 15) is 4.79 Å². The summed E-state index contributed by atoms with van der Waals surface area (Å²) in [4.78, 5) is 11.3. The first-order valence-corrected chi connectivity index (χ1v) is 4.96. The van der Waals surface area contributed by atoms with Crippen LogP contribution in [0.5, 0.6) is 0 Å². The number of benzene rings is 1. The molecule has 4 heteroatoms. The molecule has 0 saturated heterocycles. The monoisotopic (exact) mass is 208 g/mol. The molecule has 0 aliphatic heterocycles. The number of rotatable bonds is 5. The second-order valence-corrected chi connectivity index (χ2v) is 3.28. The molecule has 4 nitrogen and oxygen atoms in total. The van der Waals surface area contributed by atoms with Crippen LogP contribution in [0.4, 0.5) is 5.69 Å². The summed E-state index contributed by atoms with van der Waals surface area (Å²) in [6, 6.07) is 7.39. The van der Waals surface area contributed by atoms with Crippen molar-refractivity contribution >= 4 is 11.6 Å². The lowest BCUT2D eigenvalue weighted by molar-refractivity contribution is -0.116. The molecule has 0 aliphatic rings. The normalized spacial score (nSPS) is 10.0. The van der Waals surface area contributed by atoms with Crippen LogP contribution in [0.2, 0.25) is 0 Å². The van der Waals surface area contributed by atoms with Gasteiger partial charge in [-0.05, 0) is 24.1 Å². The van der Waals surface area contributed by atoms with Gasteiger partial charge in [-0.15, -0.1) is 0 Å². The van der Waals surface area contributed by atoms with E-state index in [2.05, 4.69) is 5.32 Å². The number of aliphatic hydroxyl groups excluding tert-OH is 1. The molecular weight excluding hydrogens is 192 g/mol. The highest BCUT2D eigenvalue weighted by Gasteiger charge is 2.01. The molecule has 15 heavy (non-hydrogen) atoms. The summed E-state index contributed by atoms with van der Waals surface area (Å²) in [7, 11) is 0. The Morgan fingerprint density at radius 3 is 2.53 bits per heavy atom. The maximum Gasteiger partial charge on any atom is 0.224 e. The Morgan fingerprint density at radius 1 is 1.33 bits per heavy atom. The molecule has 0 aliphatic carbocycles. The SMILES string of the molecule is NCc1ccc(NC(=O)CCCO)cc1. The fraction of sp³-hybridized carbons (Fsp3) is 0.364. The largest absolute Gasteiger partial charge is 0.396 e. The Morgan fingerprint density at radius 2 is 2.00 bits per heavy atom. The third-order valence-electron chi connectivity index (χ3n) is 2.04. The Labute approximate surface area is 89.1 Å². The number of carbonyl (C=O) groups excluding carboxylic acids is 1. The van der Waals surface area contributed by atoms with Crippen molar-refractivity contribution in [2.75, 3.05) is 11.9 Å². The van der Waals surface area contributed by atoms with E-state index in [0.717, 1.165) is 11.3 Å². The fourth-order valence-corrected chi connectivity index (χ4v) is 1.19. The van der Waals surface area contributed by atoms with E-state index in [1.54, 1.807) is 0 Å². The van der Waals surface area contributed by atoms with Gasteiger partial charge in [0.1, 0.15) is 0 Å². The predicted octanol–water partition coefficient (Wildman–Crippen LogP) is 0.856. The quantitative estimate of drug-likeness (QED) is 0.671. The smallest absolute Gasteiger partial charge is 0.224 e. The van der Waals surface area contributed by atoms with Crippen LogP contribution in [-0.4, -0.2) is 17.6 Å². The molecule has 1 aromatic carbocycles. The zero-order valence-corrected chi connectivity index (χ0v) is 8.57. The molecule has 0 saturated carbocycles. The molecular formula is C11H16N2O2. The van der Waals surface area contributed by atoms with Crippen molar-refractivity contribution in [1.29, 1.82) is 0 Å². The first-order valence-electron chi connectivity index (χ1n) is 4.96. The summed E-state index contributed by atoms with van der Waals surface area (Å²) in [6.45, 7) is 0.540. The molecule has 0 heterocycles. The summed E-state index contributed by atoms with van der Waals surface area (Å²) in [5, 5.41) is 11.3. The molecule has 1 rings (SSSR count). The summed E-state index contributed by atoms with van der Waals surface area (Å²) in [5.41, 5.74) is 7.24. The van der Waals surface area contributed by atoms with Crippen molar-refractivity contribution in [1.82, 2.24) is 0 Å². The molecule has 82 valence electrons. The summed E-state index contributed by atoms with van der Waals surface area (Å²) in [5.74, 6) is -0.0791. The van der Waals surface area contributed by atoms with Gasteiger partial charge in [0, 0.05) is 25.3 Å². The van der Waals surface area contributed by atoms with E-state index in [1.807, 2.05) is 24.3 Å². The molecule has 0 bridgehead atoms. The molecule has 0 radical (unpaired) electrons. The second-order valence-electron chi connectivity index (χ2n) is 3.28. The maximum atomic E-state index is 11.3. The lowest BCUT2D eigenvalue weighted by Crippen LogP contribution is -2.11. The zero-order valence-electron chi connectivity index (χ0n) is 8.57. The minimum absolute atomic E-state index is 0.0412. The maximum absolute atomic E-state index is 11.3. The van der Waals surface area contributed by atoms with E-state index in [1.165, 1.54) is 0 Å². The number of aliphatic hydroxyl groups is 1. The molecule has 0 spiro atoms. The molecule has 0 aromatic heterocycles. The van der Waals surface area contributed by atoms with Gasteiger partial charge in [0.2, 0.25) is 5.91 Å². The molecule has 4 N–H and O–H groups in total. The third kappa shape index (κ3) is 4.10. The number of hydrogen-bond acceptors (Lipinski definition) is 3. The average molecular weight is 208 g/mol. The Balaban J connectivity index is 2.46. The fourth-order valence-electron chi connectivity index (χ4n) is 1.19. The van der Waals surface area contributed by atoms with E-state index in [4.69, 9.17) is 10.8 Å². The highest BCUT2D eigenvalue weighted by Crippen LogP contribution is 2.09. The lowest BCUT2D eigenvalue weighted by atomic mass is 10.2. The first kappa shape index (κ1) is 11.7. The summed E-state index contributed by atoms with van der Waals surface area (Å²) in [6.07, 6.45) is 0.835. The van der Waals surface area contributed by atoms with Crippen molar-refractivity contribution in [2.45, 2.75) is 19.4 Å². The average Bonchev–Trinajstić information content (AvgIpc) is 2.27. The highest BCUT2D eigenvalue weighted by atomic mass is 16.3. The minimum atomic E-state index is -0.0791. The number of amides is 1. The predicted molar refractivity (Wildman–Crippen MR) is 59.3 cm³/mol. The van der Waals surface area contributed by atoms with Crippen molar-refractivity contribution in [3.63, 3.8) is 0 Å². The molecule has 1 aromatic rings. The number of hydrogen-bond donors (Lipinski definition) is 3. The lowest BCUT2D eigenvalue weighted by Gasteiger charge is -2.05. The number of carbonyl (C=O) groups is 1. The van der Waals surface area contributed by atoms with Crippen LogP contribution in [0.1, 0.15) is 18.4 Å². The van der Waals surface area contributed by atoms with Gasteiger partial charge in [0.05, 0.1) is 0 Å². The van der Waals surface area contributed by atoms with Crippen molar-refractivity contribution < 1.29 is 9.90 Å². The van der Waals surface area contributed by atoms with Crippen LogP contribution in [0.3, 0.4) is 0 Å². The molecule has 0 atom stereocenters. The van der Waals surface area contributed by atoms with Gasteiger partial charge >= 0.3 is 0 Å². The highest BCUT2D eigenvalue weighted by molar-refractivity contribution is 5.90. The zero-order chi connectivity index (χ0) is 11.1. The molecule has 1 amide bonds. The van der Waals surface area contributed by atoms with Crippen LogP contribution in [0.25, 0.3) is 0 Å². The van der Waals surface area contributed by atoms with E-state index in [-0.39, 0.29) is 12.5 Å². The van der Waals surface area contributed by atoms with Gasteiger partial charge in [-0.1, -0.05) is 12.1 Å². The third-order valence-corrected chi connectivity index (χ3v) is 2.04. The van der Waals surface area contributed by atoms with Crippen LogP contribution in [0.15, 0.2) is 24.3 Å². The van der Waals surface area contributed by atoms with Crippen molar-refractivity contribution in [3.8, 4) is 0 Å². The van der Waals surface area contributed by atoms with Crippen LogP contribution < -0.4 is 11.1 Å². The first-order chi connectivity index (χ1) is 7.26. The number of anilines is 1. The van der Waals surface area contributed by atoms with Gasteiger partial charge in [-0.3, -0.25) is 4.79 Å². The van der Waals surface area contributed by atoms with Crippen molar-refractivity contribution in [3.05, 3.63) is 29.8 Å². The van der Waals surface area contributed by atoms with E-state index < -0.39 is 0 Å². The Kier molecular flexibility index (Phi) is 4.80. The minimum Gasteiger partial charge on any atom is -0.396 e. The van der Waals surface area contributed by atoms with Gasteiger partial charge < -0.3 is 16.2 Å². The van der Waals surface area contributed by atoms with E-state index in [0.29, 0.717) is 19.4 Å². The van der Waals surface area contributed by atoms with Crippen LogP contribution >= 0.6 is 0 Å². The number of nitrogens with one attached hydrogen (secondary N) is 1. The van der Waals surface area contributed by atoms with Gasteiger partial charge in [-0.25, -0.2) is 0 Å². The van der Waals surface area contributed by atoms with Crippen LogP contribution in [-0.2, 0) is 11.3 Å². The van der Waals surface area contributed by atoms with Gasteiger partial charge in [-0.2, -0.15) is 0 Å². The Hall–Kier alpha value is -1.39. The van der Waals surface area contributed by atoms with Gasteiger partial charge in [0.15, 0.2) is 0 Å². The van der Waals surface area contributed by atoms with Crippen LogP contribution in [0, 0.1) is 0 Å². The topological polar surface area (TPSA) is 75.3 Å². The Bertz CT molecular complexity index is 309. The summed E-state index contributed by atoms with van der Waals surface area (Å²) >= 11 is 0. The standard InChI is InChI=1S/C11H16N2O2/c12-8-9-3-5-10(6-4-9)13-11(15)2-1-7-14/h3-6,14H,1-2,7-8,12H2,(H,13,15). The second kappa shape index (κ2) is 6.16. The summed E-state index contributed by atoms with van der Waals surface area (Å²) < 4.78 is 0. The van der Waals surface area contributed by atoms with Gasteiger partial charge in [0.25, 0.3) is 0 Å². The van der Waals surface area contributed by atoms with E-state index >= 15 is 0 Å². The van der Waals surface area contributed by atoms with Crippen molar-refractivity contribution in [2.24, 2.45) is 5.73 Å². The number of nitrogens with two attached hydrogens (primary N) is 1. The molecule has 0 unspecified atom stereocenters.